The van der Waals surface area contributed by atoms with Gasteiger partial charge in [-0.05, 0) is 6.07 Å². The third kappa shape index (κ3) is 2.49. The van der Waals surface area contributed by atoms with E-state index in [0.29, 0.717) is 30.0 Å². The van der Waals surface area contributed by atoms with Crippen LogP contribution in [0, 0.1) is 0 Å². The molecule has 7 nitrogen and oxygen atoms in total. The molecule has 0 aliphatic rings. The number of nitrogens with zero attached hydrogens (tertiary/aromatic N) is 5. The second-order valence-electron chi connectivity index (χ2n) is 5.81. The summed E-state index contributed by atoms with van der Waals surface area (Å²) in [7, 11) is 3.56. The molecule has 4 rings (SSSR count). The fraction of sp³-hybridized carbons (Fsp3) is 0.222. The molecule has 3 heterocycles. The average molecular weight is 335 g/mol. The molecule has 0 saturated heterocycles. The van der Waals surface area contributed by atoms with E-state index in [1.54, 1.807) is 17.9 Å². The predicted molar refractivity (Wildman–Crippen MR) is 95.4 cm³/mol. The summed E-state index contributed by atoms with van der Waals surface area (Å²) in [6, 6.07) is 7.95. The van der Waals surface area contributed by atoms with Gasteiger partial charge in [-0.15, -0.1) is 0 Å². The second kappa shape index (κ2) is 6.10. The lowest BCUT2D eigenvalue weighted by Crippen LogP contribution is -2.26. The minimum atomic E-state index is -0.181. The first-order valence-electron chi connectivity index (χ1n) is 7.94. The molecule has 7 heteroatoms. The number of aryl methyl sites for hydroxylation is 1. The molecule has 0 saturated carbocycles. The van der Waals surface area contributed by atoms with Gasteiger partial charge in [-0.1, -0.05) is 18.2 Å². The number of aromatic nitrogens is 5. The van der Waals surface area contributed by atoms with Crippen molar-refractivity contribution in [3.05, 3.63) is 53.3 Å². The van der Waals surface area contributed by atoms with Crippen LogP contribution in [-0.2, 0) is 18.3 Å². The number of fused-ring (bicyclic) bond motifs is 2. The summed E-state index contributed by atoms with van der Waals surface area (Å²) in [6.07, 6.45) is 4.98. The van der Waals surface area contributed by atoms with Crippen LogP contribution in [0.3, 0.4) is 0 Å². The fourth-order valence-corrected chi connectivity index (χ4v) is 3.09. The van der Waals surface area contributed by atoms with Gasteiger partial charge in [0.1, 0.15) is 17.5 Å². The number of methoxy groups -OCH3 is 1. The van der Waals surface area contributed by atoms with Gasteiger partial charge >= 0.3 is 0 Å². The molecule has 0 radical (unpaired) electrons. The molecule has 3 aromatic heterocycles. The minimum Gasteiger partial charge on any atom is -0.383 e. The Morgan fingerprint density at radius 2 is 2.08 bits per heavy atom. The van der Waals surface area contributed by atoms with Gasteiger partial charge in [-0.3, -0.25) is 9.36 Å². The molecule has 0 unspecified atom stereocenters. The molecule has 0 atom stereocenters. The molecule has 0 amide bonds. The Morgan fingerprint density at radius 3 is 2.92 bits per heavy atom. The maximum absolute atomic E-state index is 13.1. The second-order valence-corrected chi connectivity index (χ2v) is 5.81. The van der Waals surface area contributed by atoms with Crippen LogP contribution < -0.4 is 5.56 Å². The zero-order valence-electron chi connectivity index (χ0n) is 14.0. The van der Waals surface area contributed by atoms with Gasteiger partial charge in [0, 0.05) is 36.8 Å². The standard InChI is InChI=1S/C18H17N5O2/c1-22-10-13(12-5-3-4-6-15(12)22)16-18(24)23(7-8-25-2)17-14(21-16)9-19-11-20-17/h3-6,9-11H,7-8H2,1-2H3. The van der Waals surface area contributed by atoms with Crippen molar-refractivity contribution in [1.82, 2.24) is 24.1 Å². The maximum atomic E-state index is 13.1. The van der Waals surface area contributed by atoms with Crippen molar-refractivity contribution in [3.63, 3.8) is 0 Å². The Labute approximate surface area is 143 Å². The fourth-order valence-electron chi connectivity index (χ4n) is 3.09. The lowest BCUT2D eigenvalue weighted by molar-refractivity contribution is 0.187. The van der Waals surface area contributed by atoms with E-state index in [1.165, 1.54) is 6.33 Å². The maximum Gasteiger partial charge on any atom is 0.278 e. The van der Waals surface area contributed by atoms with E-state index < -0.39 is 0 Å². The van der Waals surface area contributed by atoms with E-state index in [0.717, 1.165) is 16.5 Å². The van der Waals surface area contributed by atoms with E-state index in [-0.39, 0.29) is 5.56 Å². The highest BCUT2D eigenvalue weighted by molar-refractivity contribution is 5.95. The lowest BCUT2D eigenvalue weighted by Gasteiger charge is -2.10. The van der Waals surface area contributed by atoms with Gasteiger partial charge in [-0.25, -0.2) is 15.0 Å². The van der Waals surface area contributed by atoms with Gasteiger partial charge in [-0.2, -0.15) is 0 Å². The van der Waals surface area contributed by atoms with Gasteiger partial charge in [0.05, 0.1) is 19.3 Å². The van der Waals surface area contributed by atoms with Crippen molar-refractivity contribution in [2.24, 2.45) is 7.05 Å². The van der Waals surface area contributed by atoms with Gasteiger partial charge in [0.15, 0.2) is 5.65 Å². The highest BCUT2D eigenvalue weighted by Crippen LogP contribution is 2.27. The van der Waals surface area contributed by atoms with E-state index in [1.807, 2.05) is 42.1 Å². The van der Waals surface area contributed by atoms with Crippen molar-refractivity contribution >= 4 is 22.1 Å². The normalized spacial score (nSPS) is 11.4. The molecule has 1 aromatic carbocycles. The lowest BCUT2D eigenvalue weighted by atomic mass is 10.1. The average Bonchev–Trinajstić information content (AvgIpc) is 2.98. The molecule has 0 aliphatic heterocycles. The van der Waals surface area contributed by atoms with Gasteiger partial charge < -0.3 is 9.30 Å². The highest BCUT2D eigenvalue weighted by Gasteiger charge is 2.17. The summed E-state index contributed by atoms with van der Waals surface area (Å²) >= 11 is 0. The Balaban J connectivity index is 2.04. The number of ether oxygens (including phenoxy) is 1. The van der Waals surface area contributed by atoms with Crippen molar-refractivity contribution in [2.45, 2.75) is 6.54 Å². The zero-order valence-corrected chi connectivity index (χ0v) is 14.0. The van der Waals surface area contributed by atoms with E-state index in [4.69, 9.17) is 4.74 Å². The summed E-state index contributed by atoms with van der Waals surface area (Å²) in [5.41, 5.74) is 3.17. The molecule has 0 spiro atoms. The molecular weight excluding hydrogens is 318 g/mol. The Bertz CT molecular complexity index is 1130. The Hall–Kier alpha value is -3.06. The van der Waals surface area contributed by atoms with Gasteiger partial charge in [0.25, 0.3) is 5.56 Å². The highest BCUT2D eigenvalue weighted by atomic mass is 16.5. The summed E-state index contributed by atoms with van der Waals surface area (Å²) in [4.78, 5) is 25.9. The third-order valence-corrected chi connectivity index (χ3v) is 4.28. The molecule has 4 aromatic rings. The number of hydrogen-bond acceptors (Lipinski definition) is 5. The molecule has 0 bridgehead atoms. The SMILES string of the molecule is COCCn1c(=O)c(-c2cn(C)c3ccccc23)nc2cncnc21. The first kappa shape index (κ1) is 15.5. The van der Waals surface area contributed by atoms with Crippen LogP contribution in [-0.4, -0.2) is 37.8 Å². The van der Waals surface area contributed by atoms with Crippen LogP contribution in [0.2, 0.25) is 0 Å². The van der Waals surface area contributed by atoms with Gasteiger partial charge in [0.2, 0.25) is 0 Å². The van der Waals surface area contributed by atoms with Crippen molar-refractivity contribution in [1.29, 1.82) is 0 Å². The van der Waals surface area contributed by atoms with Crippen LogP contribution in [0.1, 0.15) is 0 Å². The van der Waals surface area contributed by atoms with Crippen molar-refractivity contribution < 1.29 is 4.74 Å². The molecule has 0 fully saturated rings. The largest absolute Gasteiger partial charge is 0.383 e. The Kier molecular flexibility index (Phi) is 3.77. The monoisotopic (exact) mass is 335 g/mol. The minimum absolute atomic E-state index is 0.181. The molecule has 0 aliphatic carbocycles. The summed E-state index contributed by atoms with van der Waals surface area (Å²) in [6.45, 7) is 0.821. The Morgan fingerprint density at radius 1 is 1.24 bits per heavy atom. The van der Waals surface area contributed by atoms with Crippen LogP contribution >= 0.6 is 0 Å². The predicted octanol–water partition coefficient (Wildman–Crippen LogP) is 1.99. The summed E-state index contributed by atoms with van der Waals surface area (Å²) in [5, 5.41) is 0.990. The number of hydrogen-bond donors (Lipinski definition) is 0. The smallest absolute Gasteiger partial charge is 0.278 e. The quantitative estimate of drug-likeness (QED) is 0.570. The van der Waals surface area contributed by atoms with Crippen molar-refractivity contribution in [3.8, 4) is 11.3 Å². The number of para-hydroxylation sites is 1. The topological polar surface area (TPSA) is 74.8 Å². The molecular formula is C18H17N5O2. The summed E-state index contributed by atoms with van der Waals surface area (Å²) in [5.74, 6) is 0. The van der Waals surface area contributed by atoms with Crippen molar-refractivity contribution in [2.75, 3.05) is 13.7 Å². The van der Waals surface area contributed by atoms with E-state index in [9.17, 15) is 4.79 Å². The first-order chi connectivity index (χ1) is 12.2. The first-order valence-corrected chi connectivity index (χ1v) is 7.94. The molecule has 0 N–H and O–H groups in total. The molecule has 126 valence electrons. The third-order valence-electron chi connectivity index (χ3n) is 4.28. The summed E-state index contributed by atoms with van der Waals surface area (Å²) < 4.78 is 8.74. The number of rotatable bonds is 4. The van der Waals surface area contributed by atoms with Crippen LogP contribution in [0.15, 0.2) is 47.8 Å². The van der Waals surface area contributed by atoms with Crippen LogP contribution in [0.25, 0.3) is 33.3 Å². The van der Waals surface area contributed by atoms with E-state index in [2.05, 4.69) is 15.0 Å². The van der Waals surface area contributed by atoms with Crippen LogP contribution in [0.4, 0.5) is 0 Å². The zero-order chi connectivity index (χ0) is 17.4. The molecule has 25 heavy (non-hydrogen) atoms. The van der Waals surface area contributed by atoms with Crippen LogP contribution in [0.5, 0.6) is 0 Å². The number of benzene rings is 1. The van der Waals surface area contributed by atoms with E-state index >= 15 is 0 Å².